The molecule has 4 heteroatoms. The summed E-state index contributed by atoms with van der Waals surface area (Å²) < 4.78 is 24.7. The van der Waals surface area contributed by atoms with Gasteiger partial charge in [-0.2, -0.15) is 0 Å². The van der Waals surface area contributed by atoms with Gasteiger partial charge in [-0.25, -0.2) is 4.39 Å². The summed E-state index contributed by atoms with van der Waals surface area (Å²) in [4.78, 5) is 0. The number of benzene rings is 1. The fraction of sp³-hybridized carbons (Fsp3) is 0.333. The Morgan fingerprint density at radius 1 is 1.31 bits per heavy atom. The van der Waals surface area contributed by atoms with Crippen molar-refractivity contribution in [2.75, 3.05) is 19.7 Å². The van der Waals surface area contributed by atoms with Gasteiger partial charge in [-0.1, -0.05) is 0 Å². The lowest BCUT2D eigenvalue weighted by molar-refractivity contribution is 0.0259. The molecule has 1 saturated heterocycles. The zero-order chi connectivity index (χ0) is 11.0. The van der Waals surface area contributed by atoms with Gasteiger partial charge < -0.3 is 14.5 Å². The molecule has 0 amide bonds. The molecule has 1 atom stereocenters. The van der Waals surface area contributed by atoms with Gasteiger partial charge in [0.1, 0.15) is 17.5 Å². The number of morpholine rings is 1. The van der Waals surface area contributed by atoms with E-state index in [1.807, 2.05) is 6.07 Å². The fourth-order valence-electron chi connectivity index (χ4n) is 2.08. The third-order valence-corrected chi connectivity index (χ3v) is 2.86. The van der Waals surface area contributed by atoms with Crippen LogP contribution in [0, 0.1) is 5.82 Å². The zero-order valence-corrected chi connectivity index (χ0v) is 8.70. The first-order chi connectivity index (χ1) is 7.86. The lowest BCUT2D eigenvalue weighted by Gasteiger charge is -2.24. The Kier molecular flexibility index (Phi) is 2.38. The van der Waals surface area contributed by atoms with E-state index in [9.17, 15) is 4.39 Å². The van der Waals surface area contributed by atoms with Crippen molar-refractivity contribution in [1.82, 2.24) is 5.32 Å². The second-order valence-electron chi connectivity index (χ2n) is 3.86. The van der Waals surface area contributed by atoms with Gasteiger partial charge in [-0.05, 0) is 18.2 Å². The van der Waals surface area contributed by atoms with Gasteiger partial charge in [0.15, 0.2) is 0 Å². The molecule has 1 aromatic carbocycles. The summed E-state index contributed by atoms with van der Waals surface area (Å²) in [6.07, 6.45) is 1.31. The quantitative estimate of drug-likeness (QED) is 0.801. The Balaban J connectivity index is 2.12. The van der Waals surface area contributed by atoms with Crippen LogP contribution in [0.5, 0.6) is 0 Å². The second kappa shape index (κ2) is 3.88. The van der Waals surface area contributed by atoms with Crippen molar-refractivity contribution in [2.24, 2.45) is 0 Å². The molecule has 0 bridgehead atoms. The highest BCUT2D eigenvalue weighted by Gasteiger charge is 2.23. The van der Waals surface area contributed by atoms with E-state index >= 15 is 0 Å². The number of furan rings is 1. The second-order valence-corrected chi connectivity index (χ2v) is 3.86. The van der Waals surface area contributed by atoms with Crippen LogP contribution in [0.2, 0.25) is 0 Å². The smallest absolute Gasteiger partial charge is 0.142 e. The number of ether oxygens (including phenoxy) is 1. The Hall–Kier alpha value is -1.39. The first kappa shape index (κ1) is 9.81. The Morgan fingerprint density at radius 3 is 3.06 bits per heavy atom. The maximum Gasteiger partial charge on any atom is 0.142 e. The molecule has 0 aliphatic carbocycles. The summed E-state index contributed by atoms with van der Waals surface area (Å²) in [6.45, 7) is 2.03. The fourth-order valence-corrected chi connectivity index (χ4v) is 2.08. The van der Waals surface area contributed by atoms with Crippen molar-refractivity contribution in [3.05, 3.63) is 35.8 Å². The van der Waals surface area contributed by atoms with Crippen LogP contribution in [0.15, 0.2) is 28.9 Å². The molecule has 1 aromatic heterocycles. The molecular formula is C12H12FNO2. The molecule has 3 nitrogen and oxygen atoms in total. The summed E-state index contributed by atoms with van der Waals surface area (Å²) in [5, 5.41) is 4.09. The average Bonchev–Trinajstić information content (AvgIpc) is 2.78. The molecule has 1 fully saturated rings. The van der Waals surface area contributed by atoms with Gasteiger partial charge in [0.2, 0.25) is 0 Å². The normalized spacial score (nSPS) is 21.4. The minimum Gasteiger partial charge on any atom is -0.464 e. The van der Waals surface area contributed by atoms with Crippen molar-refractivity contribution >= 4 is 11.0 Å². The van der Waals surface area contributed by atoms with E-state index in [-0.39, 0.29) is 11.9 Å². The SMILES string of the molecule is Fc1ccc2ccoc2c1C1CNCCO1. The van der Waals surface area contributed by atoms with E-state index in [4.69, 9.17) is 9.15 Å². The van der Waals surface area contributed by atoms with Crippen LogP contribution >= 0.6 is 0 Å². The van der Waals surface area contributed by atoms with Crippen LogP contribution in [0.25, 0.3) is 11.0 Å². The highest BCUT2D eigenvalue weighted by molar-refractivity contribution is 5.80. The summed E-state index contributed by atoms with van der Waals surface area (Å²) in [6, 6.07) is 5.01. The standard InChI is InChI=1S/C12H12FNO2/c13-9-2-1-8-3-5-16-12(8)11(9)10-7-14-4-6-15-10/h1-3,5,10,14H,4,6-7H2. The Morgan fingerprint density at radius 2 is 2.25 bits per heavy atom. The number of hydrogen-bond acceptors (Lipinski definition) is 3. The third kappa shape index (κ3) is 1.50. The molecule has 16 heavy (non-hydrogen) atoms. The number of nitrogens with one attached hydrogen (secondary N) is 1. The van der Waals surface area contributed by atoms with E-state index in [1.165, 1.54) is 6.07 Å². The van der Waals surface area contributed by atoms with Crippen LogP contribution in [-0.2, 0) is 4.74 Å². The van der Waals surface area contributed by atoms with Crippen molar-refractivity contribution < 1.29 is 13.5 Å². The molecule has 1 unspecified atom stereocenters. The molecule has 2 aromatic rings. The molecule has 0 spiro atoms. The van der Waals surface area contributed by atoms with Crippen molar-refractivity contribution in [3.8, 4) is 0 Å². The highest BCUT2D eigenvalue weighted by Crippen LogP contribution is 2.30. The predicted octanol–water partition coefficient (Wildman–Crippen LogP) is 2.23. The monoisotopic (exact) mass is 221 g/mol. The van der Waals surface area contributed by atoms with Crippen molar-refractivity contribution in [1.29, 1.82) is 0 Å². The van der Waals surface area contributed by atoms with Gasteiger partial charge in [0.05, 0.1) is 18.4 Å². The van der Waals surface area contributed by atoms with Gasteiger partial charge in [0, 0.05) is 18.5 Å². The largest absolute Gasteiger partial charge is 0.464 e. The lowest BCUT2D eigenvalue weighted by atomic mass is 10.1. The zero-order valence-electron chi connectivity index (χ0n) is 8.70. The van der Waals surface area contributed by atoms with Gasteiger partial charge in [-0.3, -0.25) is 0 Å². The topological polar surface area (TPSA) is 34.4 Å². The van der Waals surface area contributed by atoms with Crippen molar-refractivity contribution in [3.63, 3.8) is 0 Å². The Labute approximate surface area is 92.2 Å². The summed E-state index contributed by atoms with van der Waals surface area (Å²) in [5.74, 6) is -0.267. The molecular weight excluding hydrogens is 209 g/mol. The molecule has 0 saturated carbocycles. The highest BCUT2D eigenvalue weighted by atomic mass is 19.1. The molecule has 1 aliphatic heterocycles. The van der Waals surface area contributed by atoms with E-state index in [0.29, 0.717) is 24.3 Å². The van der Waals surface area contributed by atoms with Crippen LogP contribution in [0.3, 0.4) is 0 Å². The molecule has 2 heterocycles. The van der Waals surface area contributed by atoms with Gasteiger partial charge in [-0.15, -0.1) is 0 Å². The van der Waals surface area contributed by atoms with Crippen LogP contribution in [0.4, 0.5) is 4.39 Å². The first-order valence-corrected chi connectivity index (χ1v) is 5.34. The van der Waals surface area contributed by atoms with Gasteiger partial charge in [0.25, 0.3) is 0 Å². The number of halogens is 1. The number of rotatable bonds is 1. The molecule has 1 aliphatic rings. The van der Waals surface area contributed by atoms with Gasteiger partial charge >= 0.3 is 0 Å². The van der Waals surface area contributed by atoms with E-state index < -0.39 is 0 Å². The number of hydrogen-bond donors (Lipinski definition) is 1. The maximum atomic E-state index is 13.8. The van der Waals surface area contributed by atoms with Crippen LogP contribution < -0.4 is 5.32 Å². The average molecular weight is 221 g/mol. The lowest BCUT2D eigenvalue weighted by Crippen LogP contribution is -2.33. The summed E-state index contributed by atoms with van der Waals surface area (Å²) in [5.41, 5.74) is 1.11. The van der Waals surface area contributed by atoms with E-state index in [0.717, 1.165) is 11.9 Å². The molecule has 1 N–H and O–H groups in total. The summed E-state index contributed by atoms with van der Waals surface area (Å²) >= 11 is 0. The third-order valence-electron chi connectivity index (χ3n) is 2.86. The van der Waals surface area contributed by atoms with Crippen LogP contribution in [0.1, 0.15) is 11.7 Å². The molecule has 3 rings (SSSR count). The van der Waals surface area contributed by atoms with E-state index in [2.05, 4.69) is 5.32 Å². The van der Waals surface area contributed by atoms with E-state index in [1.54, 1.807) is 12.3 Å². The molecule has 84 valence electrons. The van der Waals surface area contributed by atoms with Crippen LogP contribution in [-0.4, -0.2) is 19.7 Å². The van der Waals surface area contributed by atoms with Crippen molar-refractivity contribution in [2.45, 2.75) is 6.10 Å². The number of fused-ring (bicyclic) bond motifs is 1. The summed E-state index contributed by atoms with van der Waals surface area (Å²) in [7, 11) is 0. The predicted molar refractivity (Wildman–Crippen MR) is 57.7 cm³/mol. The molecule has 0 radical (unpaired) electrons. The minimum absolute atomic E-state index is 0.261. The Bertz CT molecular complexity index is 503. The first-order valence-electron chi connectivity index (χ1n) is 5.34. The minimum atomic E-state index is -0.267. The maximum absolute atomic E-state index is 13.8.